The van der Waals surface area contributed by atoms with E-state index < -0.39 is 17.7 Å². The van der Waals surface area contributed by atoms with Gasteiger partial charge in [-0.3, -0.25) is 4.79 Å². The van der Waals surface area contributed by atoms with Crippen molar-refractivity contribution >= 4 is 12.1 Å². The summed E-state index contributed by atoms with van der Waals surface area (Å²) < 4.78 is 5.01. The van der Waals surface area contributed by atoms with E-state index in [9.17, 15) is 9.59 Å². The fourth-order valence-electron chi connectivity index (χ4n) is 0.982. The zero-order chi connectivity index (χ0) is 12.1. The lowest BCUT2D eigenvalue weighted by Crippen LogP contribution is -2.39. The van der Waals surface area contributed by atoms with Crippen molar-refractivity contribution in [1.82, 2.24) is 5.32 Å². The molecule has 1 unspecified atom stereocenters. The molecule has 88 valence electrons. The Morgan fingerprint density at radius 3 is 2.27 bits per heavy atom. The van der Waals surface area contributed by atoms with Gasteiger partial charge in [-0.1, -0.05) is 6.92 Å². The van der Waals surface area contributed by atoms with Crippen LogP contribution in [0.5, 0.6) is 0 Å². The summed E-state index contributed by atoms with van der Waals surface area (Å²) >= 11 is 0. The molecule has 15 heavy (non-hydrogen) atoms. The number of amides is 1. The predicted molar refractivity (Wildman–Crippen MR) is 55.7 cm³/mol. The number of nitrogens with one attached hydrogen (secondary N) is 1. The van der Waals surface area contributed by atoms with Gasteiger partial charge in [-0.2, -0.15) is 0 Å². The average molecular weight is 217 g/mol. The Morgan fingerprint density at radius 1 is 1.40 bits per heavy atom. The van der Waals surface area contributed by atoms with Crippen molar-refractivity contribution in [1.29, 1.82) is 0 Å². The number of alkyl carbamates (subject to hydrolysis) is 1. The predicted octanol–water partition coefficient (Wildman–Crippen LogP) is 1.76. The van der Waals surface area contributed by atoms with E-state index in [0.29, 0.717) is 6.42 Å². The first-order chi connectivity index (χ1) is 6.74. The summed E-state index contributed by atoms with van der Waals surface area (Å²) in [7, 11) is 0. The summed E-state index contributed by atoms with van der Waals surface area (Å²) in [5.41, 5.74) is -0.564. The van der Waals surface area contributed by atoms with Crippen LogP contribution in [0, 0.1) is 0 Å². The third-order valence-corrected chi connectivity index (χ3v) is 1.63. The smallest absolute Gasteiger partial charge is 0.407 e. The number of hydrogen-bond acceptors (Lipinski definition) is 3. The van der Waals surface area contributed by atoms with Crippen LogP contribution >= 0.6 is 0 Å². The molecule has 0 aromatic heterocycles. The van der Waals surface area contributed by atoms with E-state index in [4.69, 9.17) is 9.84 Å². The first kappa shape index (κ1) is 13.7. The first-order valence-corrected chi connectivity index (χ1v) is 4.96. The van der Waals surface area contributed by atoms with E-state index >= 15 is 0 Å². The zero-order valence-corrected chi connectivity index (χ0v) is 9.66. The Hall–Kier alpha value is -1.26. The fourth-order valence-corrected chi connectivity index (χ4v) is 0.982. The molecule has 0 aliphatic rings. The molecule has 0 bridgehead atoms. The second kappa shape index (κ2) is 5.58. The third-order valence-electron chi connectivity index (χ3n) is 1.63. The Morgan fingerprint density at radius 2 is 1.93 bits per heavy atom. The van der Waals surface area contributed by atoms with Gasteiger partial charge in [0.1, 0.15) is 5.60 Å². The fraction of sp³-hybridized carbons (Fsp3) is 0.800. The molecule has 0 saturated carbocycles. The highest BCUT2D eigenvalue weighted by Gasteiger charge is 2.19. The maximum atomic E-state index is 11.3. The first-order valence-electron chi connectivity index (χ1n) is 4.96. The zero-order valence-electron chi connectivity index (χ0n) is 9.66. The lowest BCUT2D eigenvalue weighted by atomic mass is 10.1. The molecule has 0 heterocycles. The Balaban J connectivity index is 4.07. The third kappa shape index (κ3) is 7.78. The normalized spacial score (nSPS) is 13.1. The molecule has 0 aromatic rings. The molecule has 0 rings (SSSR count). The molecule has 0 aliphatic carbocycles. The lowest BCUT2D eigenvalue weighted by molar-refractivity contribution is -0.137. The second-order valence-corrected chi connectivity index (χ2v) is 4.35. The number of carboxylic acid groups (broad SMARTS) is 1. The van der Waals surface area contributed by atoms with Gasteiger partial charge in [-0.05, 0) is 27.2 Å². The van der Waals surface area contributed by atoms with Crippen molar-refractivity contribution in [2.24, 2.45) is 0 Å². The van der Waals surface area contributed by atoms with Crippen molar-refractivity contribution in [2.75, 3.05) is 0 Å². The van der Waals surface area contributed by atoms with Gasteiger partial charge in [-0.15, -0.1) is 0 Å². The van der Waals surface area contributed by atoms with Crippen LogP contribution in [0.4, 0.5) is 4.79 Å². The topological polar surface area (TPSA) is 75.6 Å². The number of ether oxygens (including phenoxy) is 1. The minimum atomic E-state index is -0.932. The summed E-state index contributed by atoms with van der Waals surface area (Å²) in [6.07, 6.45) is -0.100. The van der Waals surface area contributed by atoms with E-state index in [1.54, 1.807) is 20.8 Å². The van der Waals surface area contributed by atoms with Gasteiger partial charge >= 0.3 is 12.1 Å². The number of hydrogen-bond donors (Lipinski definition) is 2. The van der Waals surface area contributed by atoms with Crippen LogP contribution in [0.25, 0.3) is 0 Å². The Kier molecular flexibility index (Phi) is 5.11. The summed E-state index contributed by atoms with van der Waals surface area (Å²) in [5, 5.41) is 11.1. The van der Waals surface area contributed by atoms with Gasteiger partial charge in [0, 0.05) is 6.04 Å². The van der Waals surface area contributed by atoms with Crippen LogP contribution < -0.4 is 5.32 Å². The van der Waals surface area contributed by atoms with Crippen molar-refractivity contribution in [2.45, 2.75) is 52.2 Å². The Bertz CT molecular complexity index is 232. The highest BCUT2D eigenvalue weighted by Crippen LogP contribution is 2.07. The van der Waals surface area contributed by atoms with Crippen LogP contribution in [0.15, 0.2) is 0 Å². The summed E-state index contributed by atoms with van der Waals surface area (Å²) in [6.45, 7) is 7.07. The second-order valence-electron chi connectivity index (χ2n) is 4.35. The van der Waals surface area contributed by atoms with Crippen LogP contribution in [-0.2, 0) is 9.53 Å². The van der Waals surface area contributed by atoms with E-state index in [0.717, 1.165) is 0 Å². The van der Waals surface area contributed by atoms with Gasteiger partial charge in [0.15, 0.2) is 0 Å². The minimum absolute atomic E-state index is 0.0876. The molecular formula is C10H19NO4. The molecule has 0 radical (unpaired) electrons. The van der Waals surface area contributed by atoms with Crippen LogP contribution in [0.1, 0.15) is 40.5 Å². The maximum absolute atomic E-state index is 11.3. The van der Waals surface area contributed by atoms with E-state index in [-0.39, 0.29) is 12.5 Å². The minimum Gasteiger partial charge on any atom is -0.481 e. The maximum Gasteiger partial charge on any atom is 0.407 e. The van der Waals surface area contributed by atoms with E-state index in [1.807, 2.05) is 6.92 Å². The van der Waals surface area contributed by atoms with Crippen molar-refractivity contribution < 1.29 is 19.4 Å². The van der Waals surface area contributed by atoms with Crippen molar-refractivity contribution in [3.8, 4) is 0 Å². The summed E-state index contributed by atoms with van der Waals surface area (Å²) in [5.74, 6) is -0.932. The highest BCUT2D eigenvalue weighted by molar-refractivity contribution is 5.71. The monoisotopic (exact) mass is 217 g/mol. The van der Waals surface area contributed by atoms with Gasteiger partial charge in [0.2, 0.25) is 0 Å². The molecule has 5 nitrogen and oxygen atoms in total. The number of carbonyl (C=O) groups excluding carboxylic acids is 1. The molecule has 1 amide bonds. The highest BCUT2D eigenvalue weighted by atomic mass is 16.6. The van der Waals surface area contributed by atoms with E-state index in [2.05, 4.69) is 5.32 Å². The van der Waals surface area contributed by atoms with E-state index in [1.165, 1.54) is 0 Å². The molecule has 5 heteroatoms. The lowest BCUT2D eigenvalue weighted by Gasteiger charge is -2.22. The largest absolute Gasteiger partial charge is 0.481 e. The number of rotatable bonds is 4. The van der Waals surface area contributed by atoms with Gasteiger partial charge in [-0.25, -0.2) is 4.79 Å². The number of carbonyl (C=O) groups is 2. The molecule has 0 aromatic carbocycles. The van der Waals surface area contributed by atoms with Crippen molar-refractivity contribution in [3.05, 3.63) is 0 Å². The van der Waals surface area contributed by atoms with Crippen LogP contribution in [0.2, 0.25) is 0 Å². The van der Waals surface area contributed by atoms with Crippen LogP contribution in [0.3, 0.4) is 0 Å². The quantitative estimate of drug-likeness (QED) is 0.752. The summed E-state index contributed by atoms with van der Waals surface area (Å²) in [6, 6.07) is -0.377. The summed E-state index contributed by atoms with van der Waals surface area (Å²) in [4.78, 5) is 21.7. The molecule has 0 spiro atoms. The molecule has 2 N–H and O–H groups in total. The van der Waals surface area contributed by atoms with Crippen LogP contribution in [-0.4, -0.2) is 28.8 Å². The molecule has 0 saturated heterocycles. The number of carboxylic acids is 1. The standard InChI is InChI=1S/C10H19NO4/c1-5-7(6-8(12)13)11-9(14)15-10(2,3)4/h7H,5-6H2,1-4H3,(H,11,14)(H,12,13). The molecule has 1 atom stereocenters. The number of aliphatic carboxylic acids is 1. The average Bonchev–Trinajstić information content (AvgIpc) is 1.98. The van der Waals surface area contributed by atoms with Gasteiger partial charge < -0.3 is 15.2 Å². The molecular weight excluding hydrogens is 198 g/mol. The van der Waals surface area contributed by atoms with Gasteiger partial charge in [0.25, 0.3) is 0 Å². The Labute approximate surface area is 89.8 Å². The SMILES string of the molecule is CCC(CC(=O)O)NC(=O)OC(C)(C)C. The molecule has 0 fully saturated rings. The van der Waals surface area contributed by atoms with Crippen molar-refractivity contribution in [3.63, 3.8) is 0 Å². The molecule has 0 aliphatic heterocycles. The van der Waals surface area contributed by atoms with Gasteiger partial charge in [0.05, 0.1) is 6.42 Å².